The van der Waals surface area contributed by atoms with Gasteiger partial charge in [-0.15, -0.1) is 0 Å². The van der Waals surface area contributed by atoms with Crippen molar-refractivity contribution in [1.82, 2.24) is 4.98 Å². The van der Waals surface area contributed by atoms with Crippen molar-refractivity contribution in [3.05, 3.63) is 48.8 Å². The third-order valence-corrected chi connectivity index (χ3v) is 4.40. The molecule has 2 aromatic heterocycles. The Labute approximate surface area is 127 Å². The van der Waals surface area contributed by atoms with Crippen LogP contribution in [0.1, 0.15) is 0 Å². The van der Waals surface area contributed by atoms with E-state index in [9.17, 15) is 0 Å². The Morgan fingerprint density at radius 3 is 2.90 bits per heavy atom. The van der Waals surface area contributed by atoms with Crippen LogP contribution in [0, 0.1) is 0 Å². The van der Waals surface area contributed by atoms with Gasteiger partial charge in [-0.25, -0.2) is 4.98 Å². The van der Waals surface area contributed by atoms with Crippen molar-refractivity contribution in [2.75, 3.05) is 5.32 Å². The zero-order chi connectivity index (χ0) is 12.8. The summed E-state index contributed by atoms with van der Waals surface area (Å²) in [6.45, 7) is 0. The van der Waals surface area contributed by atoms with Crippen LogP contribution in [0.15, 0.2) is 58.7 Å². The maximum absolute atomic E-state index is 4.42. The largest absolute Gasteiger partial charge is 1.00 e. The van der Waals surface area contributed by atoms with Gasteiger partial charge in [0.15, 0.2) is 6.20 Å². The van der Waals surface area contributed by atoms with E-state index in [1.165, 1.54) is 21.5 Å². The summed E-state index contributed by atoms with van der Waals surface area (Å²) in [5.41, 5.74) is 3.49. The zero-order valence-electron chi connectivity index (χ0n) is 10.8. The number of hydrogen-bond donors (Lipinski definition) is 1. The molecule has 3 nitrogen and oxygen atoms in total. The van der Waals surface area contributed by atoms with Crippen LogP contribution in [-0.4, -0.2) is 4.98 Å². The number of benzene rings is 1. The van der Waals surface area contributed by atoms with E-state index in [0.29, 0.717) is 0 Å². The Bertz CT molecular complexity index is 804. The summed E-state index contributed by atoms with van der Waals surface area (Å²) in [7, 11) is 2.08. The highest BCUT2D eigenvalue weighted by atomic mass is 35.5. The monoisotopic (exact) mass is 301 g/mol. The number of para-hydroxylation sites is 1. The molecule has 1 aliphatic heterocycles. The predicted octanol–water partition coefficient (Wildman–Crippen LogP) is 0.271. The topological polar surface area (TPSA) is 28.8 Å². The Hall–Kier alpha value is -1.78. The number of rotatable bonds is 0. The van der Waals surface area contributed by atoms with Crippen molar-refractivity contribution in [3.8, 4) is 0 Å². The number of anilines is 2. The van der Waals surface area contributed by atoms with E-state index in [4.69, 9.17) is 0 Å². The van der Waals surface area contributed by atoms with Crippen molar-refractivity contribution < 1.29 is 17.0 Å². The summed E-state index contributed by atoms with van der Waals surface area (Å²) in [6.07, 6.45) is 3.99. The number of aryl methyl sites for hydroxylation is 1. The lowest BCUT2D eigenvalue weighted by molar-refractivity contribution is -0.646. The number of nitrogens with one attached hydrogen (secondary N) is 1. The Morgan fingerprint density at radius 2 is 2.00 bits per heavy atom. The van der Waals surface area contributed by atoms with Crippen molar-refractivity contribution in [2.24, 2.45) is 7.05 Å². The summed E-state index contributed by atoms with van der Waals surface area (Å²) in [5, 5.41) is 5.79. The van der Waals surface area contributed by atoms with E-state index in [0.717, 1.165) is 10.7 Å². The summed E-state index contributed by atoms with van der Waals surface area (Å²) < 4.78 is 2.16. The first-order valence-corrected chi connectivity index (χ1v) is 6.96. The number of pyridine rings is 2. The van der Waals surface area contributed by atoms with Crippen LogP contribution in [0.3, 0.4) is 0 Å². The molecule has 3 aromatic rings. The molecule has 1 N–H and O–H groups in total. The van der Waals surface area contributed by atoms with Crippen LogP contribution < -0.4 is 22.3 Å². The standard InChI is InChI=1S/C15H11N3S.ClH/c1-18-9-13-14(10-5-2-3-7-12(10)18)17-11-6-4-8-16-15(11)19-13;/h2-9H,1H3;1H. The molecule has 1 aromatic carbocycles. The molecule has 0 bridgehead atoms. The van der Waals surface area contributed by atoms with Gasteiger partial charge in [0, 0.05) is 12.3 Å². The van der Waals surface area contributed by atoms with Gasteiger partial charge < -0.3 is 17.7 Å². The van der Waals surface area contributed by atoms with E-state index < -0.39 is 0 Å². The van der Waals surface area contributed by atoms with Gasteiger partial charge in [-0.05, 0) is 18.2 Å². The number of aromatic nitrogens is 2. The fourth-order valence-electron chi connectivity index (χ4n) is 2.45. The van der Waals surface area contributed by atoms with E-state index in [2.05, 4.69) is 58.4 Å². The van der Waals surface area contributed by atoms with E-state index in [1.807, 2.05) is 12.3 Å². The molecule has 20 heavy (non-hydrogen) atoms. The van der Waals surface area contributed by atoms with Gasteiger partial charge >= 0.3 is 0 Å². The molecule has 0 aliphatic carbocycles. The van der Waals surface area contributed by atoms with Gasteiger partial charge in [-0.3, -0.25) is 0 Å². The normalized spacial score (nSPS) is 12.1. The lowest BCUT2D eigenvalue weighted by atomic mass is 10.1. The number of halogens is 1. The van der Waals surface area contributed by atoms with Gasteiger partial charge in [-0.2, -0.15) is 4.57 Å². The fourth-order valence-corrected chi connectivity index (χ4v) is 3.47. The number of fused-ring (bicyclic) bond motifs is 4. The molecule has 4 rings (SSSR count). The van der Waals surface area contributed by atoms with Gasteiger partial charge in [0.2, 0.25) is 5.52 Å². The zero-order valence-corrected chi connectivity index (χ0v) is 12.4. The lowest BCUT2D eigenvalue weighted by Crippen LogP contribution is -3.00. The van der Waals surface area contributed by atoms with Crippen LogP contribution in [0.2, 0.25) is 0 Å². The maximum Gasteiger partial charge on any atom is 0.214 e. The van der Waals surface area contributed by atoms with Gasteiger partial charge in [0.1, 0.15) is 17.0 Å². The second-order valence-corrected chi connectivity index (χ2v) is 5.61. The average molecular weight is 302 g/mol. The van der Waals surface area contributed by atoms with Crippen LogP contribution in [0.25, 0.3) is 10.9 Å². The first kappa shape index (κ1) is 13.2. The van der Waals surface area contributed by atoms with Gasteiger partial charge in [-0.1, -0.05) is 23.9 Å². The average Bonchev–Trinajstić information content (AvgIpc) is 2.46. The smallest absolute Gasteiger partial charge is 0.214 e. The molecule has 3 heterocycles. The minimum atomic E-state index is 0. The summed E-state index contributed by atoms with van der Waals surface area (Å²) in [5.74, 6) is 0. The van der Waals surface area contributed by atoms with Crippen LogP contribution in [0.4, 0.5) is 11.4 Å². The molecule has 0 spiro atoms. The summed E-state index contributed by atoms with van der Waals surface area (Å²) in [4.78, 5) is 5.63. The molecule has 0 saturated carbocycles. The first-order chi connectivity index (χ1) is 9.33. The Balaban J connectivity index is 0.00000121. The lowest BCUT2D eigenvalue weighted by Gasteiger charge is -2.19. The first-order valence-electron chi connectivity index (χ1n) is 6.14. The molecule has 0 unspecified atom stereocenters. The molecule has 0 fully saturated rings. The highest BCUT2D eigenvalue weighted by Gasteiger charge is 2.22. The predicted molar refractivity (Wildman–Crippen MR) is 76.8 cm³/mol. The number of hydrogen-bond acceptors (Lipinski definition) is 3. The molecular formula is C15H12ClN3S. The second kappa shape index (κ2) is 4.96. The molecule has 0 amide bonds. The highest BCUT2D eigenvalue weighted by molar-refractivity contribution is 7.99. The Kier molecular flexibility index (Phi) is 3.28. The van der Waals surface area contributed by atoms with Gasteiger partial charge in [0.25, 0.3) is 0 Å². The molecule has 0 atom stereocenters. The fraction of sp³-hybridized carbons (Fsp3) is 0.0667. The Morgan fingerprint density at radius 1 is 1.15 bits per heavy atom. The van der Waals surface area contributed by atoms with Crippen LogP contribution >= 0.6 is 11.8 Å². The molecule has 100 valence electrons. The third-order valence-electron chi connectivity index (χ3n) is 3.35. The molecule has 0 radical (unpaired) electrons. The van der Waals surface area contributed by atoms with E-state index >= 15 is 0 Å². The summed E-state index contributed by atoms with van der Waals surface area (Å²) >= 11 is 1.72. The quantitative estimate of drug-likeness (QED) is 0.473. The van der Waals surface area contributed by atoms with Gasteiger partial charge in [0.05, 0.1) is 16.8 Å². The highest BCUT2D eigenvalue weighted by Crippen LogP contribution is 2.44. The van der Waals surface area contributed by atoms with Crippen molar-refractivity contribution >= 4 is 34.0 Å². The third kappa shape index (κ3) is 1.92. The molecular weight excluding hydrogens is 290 g/mol. The van der Waals surface area contributed by atoms with Crippen molar-refractivity contribution in [2.45, 2.75) is 9.92 Å². The van der Waals surface area contributed by atoms with E-state index in [1.54, 1.807) is 11.8 Å². The van der Waals surface area contributed by atoms with Crippen molar-refractivity contribution in [3.63, 3.8) is 0 Å². The molecule has 0 saturated heterocycles. The maximum atomic E-state index is 4.42. The van der Waals surface area contributed by atoms with Crippen LogP contribution in [-0.2, 0) is 7.05 Å². The SMILES string of the molecule is C[n+]1cc2c(c3ccccc31)Nc1cccnc1S2.[Cl-]. The molecule has 5 heteroatoms. The molecule has 1 aliphatic rings. The van der Waals surface area contributed by atoms with Crippen molar-refractivity contribution in [1.29, 1.82) is 0 Å². The summed E-state index contributed by atoms with van der Waals surface area (Å²) in [6, 6.07) is 12.5. The van der Waals surface area contributed by atoms with Crippen LogP contribution in [0.5, 0.6) is 0 Å². The van der Waals surface area contributed by atoms with E-state index in [-0.39, 0.29) is 12.4 Å². The minimum absolute atomic E-state index is 0. The second-order valence-electron chi connectivity index (χ2n) is 4.58. The number of nitrogens with zero attached hydrogens (tertiary/aromatic N) is 2. The minimum Gasteiger partial charge on any atom is -1.00 e.